The van der Waals surface area contributed by atoms with E-state index in [2.05, 4.69) is 33.9 Å². The van der Waals surface area contributed by atoms with Gasteiger partial charge >= 0.3 is 5.97 Å². The SMILES string of the molecule is CC1=NCC[C@@]12CCC(Br)=C[C@H]2COC(=O)c1ccccc1. The first-order valence-corrected chi connectivity index (χ1v) is 8.51. The highest BCUT2D eigenvalue weighted by Gasteiger charge is 2.45. The summed E-state index contributed by atoms with van der Waals surface area (Å²) in [6.45, 7) is 3.42. The second-order valence-corrected chi connectivity index (χ2v) is 7.08. The number of allylic oxidation sites excluding steroid dienone is 1. The van der Waals surface area contributed by atoms with Crippen molar-refractivity contribution in [1.29, 1.82) is 0 Å². The molecule has 1 aliphatic carbocycles. The van der Waals surface area contributed by atoms with Crippen LogP contribution in [-0.4, -0.2) is 24.8 Å². The Bertz CT molecular complexity index is 623. The first-order valence-electron chi connectivity index (χ1n) is 7.72. The van der Waals surface area contributed by atoms with Crippen LogP contribution >= 0.6 is 15.9 Å². The van der Waals surface area contributed by atoms with Crippen molar-refractivity contribution in [1.82, 2.24) is 0 Å². The first-order chi connectivity index (χ1) is 10.6. The van der Waals surface area contributed by atoms with Crippen LogP contribution in [0, 0.1) is 11.3 Å². The highest BCUT2D eigenvalue weighted by molar-refractivity contribution is 9.11. The van der Waals surface area contributed by atoms with Gasteiger partial charge in [-0.25, -0.2) is 4.79 Å². The summed E-state index contributed by atoms with van der Waals surface area (Å²) in [6.07, 6.45) is 5.39. The molecule has 0 radical (unpaired) electrons. The topological polar surface area (TPSA) is 38.7 Å². The van der Waals surface area contributed by atoms with Gasteiger partial charge in [0.05, 0.1) is 12.2 Å². The zero-order valence-electron chi connectivity index (χ0n) is 12.7. The Kier molecular flexibility index (Phi) is 4.48. The van der Waals surface area contributed by atoms with Gasteiger partial charge in [0, 0.05) is 23.6 Å². The fraction of sp³-hybridized carbons (Fsp3) is 0.444. The number of rotatable bonds is 3. The molecule has 0 fully saturated rings. The average Bonchev–Trinajstić information content (AvgIpc) is 2.90. The van der Waals surface area contributed by atoms with Crippen LogP contribution in [0.5, 0.6) is 0 Å². The molecule has 4 heteroatoms. The molecular weight excluding hydrogens is 342 g/mol. The molecule has 1 aromatic carbocycles. The van der Waals surface area contributed by atoms with Gasteiger partial charge in [-0.2, -0.15) is 0 Å². The number of hydrogen-bond donors (Lipinski definition) is 0. The van der Waals surface area contributed by atoms with E-state index in [1.807, 2.05) is 18.2 Å². The van der Waals surface area contributed by atoms with Crippen LogP contribution in [0.15, 0.2) is 45.9 Å². The number of aliphatic imine (C=N–C) groups is 1. The van der Waals surface area contributed by atoms with Gasteiger partial charge in [-0.1, -0.05) is 40.2 Å². The largest absolute Gasteiger partial charge is 0.461 e. The molecule has 0 N–H and O–H groups in total. The molecule has 1 heterocycles. The molecule has 1 spiro atoms. The van der Waals surface area contributed by atoms with E-state index in [9.17, 15) is 4.79 Å². The van der Waals surface area contributed by atoms with Crippen LogP contribution in [-0.2, 0) is 4.74 Å². The van der Waals surface area contributed by atoms with Crippen LogP contribution in [0.3, 0.4) is 0 Å². The molecule has 116 valence electrons. The van der Waals surface area contributed by atoms with Crippen molar-refractivity contribution in [2.45, 2.75) is 26.2 Å². The van der Waals surface area contributed by atoms with E-state index in [-0.39, 0.29) is 17.3 Å². The summed E-state index contributed by atoms with van der Waals surface area (Å²) in [5.74, 6) is -0.0482. The maximum absolute atomic E-state index is 12.2. The van der Waals surface area contributed by atoms with Gasteiger partial charge in [0.15, 0.2) is 0 Å². The van der Waals surface area contributed by atoms with Crippen molar-refractivity contribution in [3.63, 3.8) is 0 Å². The molecule has 2 aliphatic rings. The Morgan fingerprint density at radius 3 is 2.82 bits per heavy atom. The van der Waals surface area contributed by atoms with Crippen LogP contribution in [0.4, 0.5) is 0 Å². The number of hydrogen-bond acceptors (Lipinski definition) is 3. The zero-order chi connectivity index (χ0) is 15.6. The Morgan fingerprint density at radius 1 is 1.36 bits per heavy atom. The van der Waals surface area contributed by atoms with E-state index in [1.165, 1.54) is 10.2 Å². The highest BCUT2D eigenvalue weighted by atomic mass is 79.9. The van der Waals surface area contributed by atoms with Crippen LogP contribution < -0.4 is 0 Å². The van der Waals surface area contributed by atoms with Gasteiger partial charge in [0.25, 0.3) is 0 Å². The molecule has 0 unspecified atom stereocenters. The number of halogens is 1. The second kappa shape index (κ2) is 6.37. The van der Waals surface area contributed by atoms with E-state index in [0.29, 0.717) is 12.2 Å². The molecule has 22 heavy (non-hydrogen) atoms. The molecule has 0 aromatic heterocycles. The van der Waals surface area contributed by atoms with Gasteiger partial charge in [0.1, 0.15) is 0 Å². The predicted molar refractivity (Wildman–Crippen MR) is 91.5 cm³/mol. The lowest BCUT2D eigenvalue weighted by Gasteiger charge is -2.39. The fourth-order valence-corrected chi connectivity index (χ4v) is 4.06. The third kappa shape index (κ3) is 2.89. The molecule has 3 nitrogen and oxygen atoms in total. The van der Waals surface area contributed by atoms with Gasteiger partial charge < -0.3 is 4.74 Å². The lowest BCUT2D eigenvalue weighted by atomic mass is 9.66. The number of carbonyl (C=O) groups is 1. The Morgan fingerprint density at radius 2 is 2.14 bits per heavy atom. The van der Waals surface area contributed by atoms with Gasteiger partial charge in [0.2, 0.25) is 0 Å². The summed E-state index contributed by atoms with van der Waals surface area (Å²) >= 11 is 3.61. The molecule has 0 saturated heterocycles. The van der Waals surface area contributed by atoms with E-state index in [0.717, 1.165) is 25.8 Å². The number of benzene rings is 1. The molecule has 1 aromatic rings. The summed E-state index contributed by atoms with van der Waals surface area (Å²) in [4.78, 5) is 16.8. The molecule has 2 atom stereocenters. The number of carbonyl (C=O) groups excluding carboxylic acids is 1. The van der Waals surface area contributed by atoms with Crippen LogP contribution in [0.1, 0.15) is 36.5 Å². The molecular formula is C18H20BrNO2. The minimum absolute atomic E-state index is 0.0776. The van der Waals surface area contributed by atoms with E-state index in [4.69, 9.17) is 4.74 Å². The van der Waals surface area contributed by atoms with Crippen molar-refractivity contribution < 1.29 is 9.53 Å². The summed E-state index contributed by atoms with van der Waals surface area (Å²) in [6, 6.07) is 9.16. The van der Waals surface area contributed by atoms with Crippen molar-refractivity contribution in [3.05, 3.63) is 46.5 Å². The zero-order valence-corrected chi connectivity index (χ0v) is 14.3. The number of ether oxygens (including phenoxy) is 1. The lowest BCUT2D eigenvalue weighted by Crippen LogP contribution is -2.39. The molecule has 1 aliphatic heterocycles. The van der Waals surface area contributed by atoms with Gasteiger partial charge in [-0.3, -0.25) is 4.99 Å². The normalized spacial score (nSPS) is 27.5. The smallest absolute Gasteiger partial charge is 0.338 e. The van der Waals surface area contributed by atoms with Gasteiger partial charge in [-0.05, 0) is 42.8 Å². The van der Waals surface area contributed by atoms with Gasteiger partial charge in [-0.15, -0.1) is 0 Å². The Hall–Kier alpha value is -1.42. The highest BCUT2D eigenvalue weighted by Crippen LogP contribution is 2.47. The third-order valence-corrected chi connectivity index (χ3v) is 5.59. The molecule has 0 bridgehead atoms. The molecule has 3 rings (SSSR count). The maximum Gasteiger partial charge on any atom is 0.338 e. The lowest BCUT2D eigenvalue weighted by molar-refractivity contribution is 0.0388. The maximum atomic E-state index is 12.2. The summed E-state index contributed by atoms with van der Waals surface area (Å²) in [5.41, 5.74) is 1.89. The standard InChI is InChI=1S/C18H20BrNO2/c1-13-18(9-10-20-13)8-7-16(19)11-15(18)12-22-17(21)14-5-3-2-4-6-14/h2-6,11,15H,7-10,12H2,1H3/t15-,18-/m0/s1. The minimum Gasteiger partial charge on any atom is -0.461 e. The van der Waals surface area contributed by atoms with Crippen molar-refractivity contribution in [2.75, 3.05) is 13.2 Å². The first kappa shape index (κ1) is 15.5. The third-order valence-electron chi connectivity index (χ3n) is 4.93. The van der Waals surface area contributed by atoms with E-state index in [1.54, 1.807) is 12.1 Å². The van der Waals surface area contributed by atoms with Crippen LogP contribution in [0.25, 0.3) is 0 Å². The fourth-order valence-electron chi connectivity index (χ4n) is 3.54. The monoisotopic (exact) mass is 361 g/mol. The van der Waals surface area contributed by atoms with Crippen molar-refractivity contribution >= 4 is 27.6 Å². The predicted octanol–water partition coefficient (Wildman–Crippen LogP) is 4.38. The molecule has 0 saturated carbocycles. The quantitative estimate of drug-likeness (QED) is 0.749. The second-order valence-electron chi connectivity index (χ2n) is 6.06. The number of esters is 1. The molecule has 0 amide bonds. The van der Waals surface area contributed by atoms with Crippen molar-refractivity contribution in [3.8, 4) is 0 Å². The summed E-state index contributed by atoms with van der Waals surface area (Å²) in [7, 11) is 0. The Balaban J connectivity index is 1.73. The number of nitrogens with zero attached hydrogens (tertiary/aromatic N) is 1. The Labute approximate surface area is 139 Å². The summed E-state index contributed by atoms with van der Waals surface area (Å²) in [5, 5.41) is 0. The minimum atomic E-state index is -0.251. The van der Waals surface area contributed by atoms with Crippen LogP contribution in [0.2, 0.25) is 0 Å². The van der Waals surface area contributed by atoms with E-state index >= 15 is 0 Å². The summed E-state index contributed by atoms with van der Waals surface area (Å²) < 4.78 is 6.80. The van der Waals surface area contributed by atoms with E-state index < -0.39 is 0 Å². The average molecular weight is 362 g/mol. The van der Waals surface area contributed by atoms with Crippen molar-refractivity contribution in [2.24, 2.45) is 16.3 Å².